The third kappa shape index (κ3) is 6.18. The first kappa shape index (κ1) is 13.0. The van der Waals surface area contributed by atoms with Gasteiger partial charge in [-0.25, -0.2) is 4.79 Å². The second-order valence-corrected chi connectivity index (χ2v) is 3.57. The largest absolute Gasteiger partial charge is 0.481 e. The molecule has 0 saturated carbocycles. The van der Waals surface area contributed by atoms with Crippen LogP contribution in [0.25, 0.3) is 0 Å². The van der Waals surface area contributed by atoms with Crippen molar-refractivity contribution in [1.29, 1.82) is 0 Å². The van der Waals surface area contributed by atoms with E-state index in [1.165, 1.54) is 0 Å². The molecular formula is C10H16N4O3. The Bertz CT molecular complexity index is 350. The van der Waals surface area contributed by atoms with E-state index >= 15 is 0 Å². The number of urea groups is 1. The van der Waals surface area contributed by atoms with E-state index in [0.717, 1.165) is 5.56 Å². The predicted molar refractivity (Wildman–Crippen MR) is 60.3 cm³/mol. The lowest BCUT2D eigenvalue weighted by Gasteiger charge is -2.05. The second-order valence-electron chi connectivity index (χ2n) is 3.57. The number of carbonyl (C=O) groups is 2. The Kier molecular flexibility index (Phi) is 5.56. The summed E-state index contributed by atoms with van der Waals surface area (Å²) in [5, 5.41) is 20.1. The Hall–Kier alpha value is -2.05. The predicted octanol–water partition coefficient (Wildman–Crippen LogP) is 0.464. The molecule has 7 nitrogen and oxygen atoms in total. The minimum absolute atomic E-state index is 0.137. The zero-order valence-electron chi connectivity index (χ0n) is 9.40. The molecule has 0 radical (unpaired) electrons. The summed E-state index contributed by atoms with van der Waals surface area (Å²) in [6, 6.07) is -0.262. The molecule has 1 heterocycles. The molecule has 0 aliphatic heterocycles. The molecular weight excluding hydrogens is 224 g/mol. The van der Waals surface area contributed by atoms with E-state index in [2.05, 4.69) is 20.8 Å². The van der Waals surface area contributed by atoms with E-state index in [1.54, 1.807) is 12.4 Å². The SMILES string of the molecule is O=C(O)CCCCNC(=O)NCc1cn[nH]c1. The molecule has 0 spiro atoms. The number of unbranched alkanes of at least 4 members (excludes halogenated alkanes) is 1. The fourth-order valence-electron chi connectivity index (χ4n) is 1.22. The quantitative estimate of drug-likeness (QED) is 0.519. The van der Waals surface area contributed by atoms with Crippen LogP contribution in [0.1, 0.15) is 24.8 Å². The van der Waals surface area contributed by atoms with Gasteiger partial charge >= 0.3 is 12.0 Å². The van der Waals surface area contributed by atoms with Crippen molar-refractivity contribution in [2.24, 2.45) is 0 Å². The van der Waals surface area contributed by atoms with Crippen LogP contribution in [0, 0.1) is 0 Å². The van der Waals surface area contributed by atoms with Crippen molar-refractivity contribution >= 4 is 12.0 Å². The van der Waals surface area contributed by atoms with Crippen LogP contribution in [0.3, 0.4) is 0 Å². The number of nitrogens with zero attached hydrogens (tertiary/aromatic N) is 1. The zero-order chi connectivity index (χ0) is 12.5. The lowest BCUT2D eigenvalue weighted by atomic mass is 10.2. The highest BCUT2D eigenvalue weighted by molar-refractivity contribution is 5.73. The molecule has 0 atom stereocenters. The van der Waals surface area contributed by atoms with Crippen LogP contribution in [0.5, 0.6) is 0 Å². The number of hydrogen-bond acceptors (Lipinski definition) is 3. The highest BCUT2D eigenvalue weighted by atomic mass is 16.4. The number of aromatic nitrogens is 2. The summed E-state index contributed by atoms with van der Waals surface area (Å²) in [6.45, 7) is 0.891. The van der Waals surface area contributed by atoms with Crippen LogP contribution in [0.4, 0.5) is 4.79 Å². The first-order chi connectivity index (χ1) is 8.18. The Labute approximate surface area is 98.6 Å². The number of rotatable bonds is 7. The topological polar surface area (TPSA) is 107 Å². The van der Waals surface area contributed by atoms with Crippen LogP contribution in [-0.4, -0.2) is 33.8 Å². The highest BCUT2D eigenvalue weighted by Gasteiger charge is 2.01. The molecule has 1 rings (SSSR count). The van der Waals surface area contributed by atoms with Gasteiger partial charge in [0, 0.05) is 31.3 Å². The van der Waals surface area contributed by atoms with Crippen molar-refractivity contribution in [3.8, 4) is 0 Å². The van der Waals surface area contributed by atoms with Crippen LogP contribution < -0.4 is 10.6 Å². The summed E-state index contributed by atoms with van der Waals surface area (Å²) in [6.07, 6.45) is 4.70. The summed E-state index contributed by atoms with van der Waals surface area (Å²) in [4.78, 5) is 21.5. The molecule has 0 bridgehead atoms. The molecule has 17 heavy (non-hydrogen) atoms. The Morgan fingerprint density at radius 3 is 2.82 bits per heavy atom. The molecule has 0 saturated heterocycles. The van der Waals surface area contributed by atoms with Gasteiger partial charge in [0.25, 0.3) is 0 Å². The van der Waals surface area contributed by atoms with Crippen LogP contribution in [-0.2, 0) is 11.3 Å². The van der Waals surface area contributed by atoms with E-state index in [9.17, 15) is 9.59 Å². The fourth-order valence-corrected chi connectivity index (χ4v) is 1.22. The minimum Gasteiger partial charge on any atom is -0.481 e. The van der Waals surface area contributed by atoms with E-state index < -0.39 is 5.97 Å². The number of amides is 2. The number of aliphatic carboxylic acids is 1. The summed E-state index contributed by atoms with van der Waals surface area (Å²) >= 11 is 0. The normalized spacial score (nSPS) is 9.88. The fraction of sp³-hybridized carbons (Fsp3) is 0.500. The lowest BCUT2D eigenvalue weighted by molar-refractivity contribution is -0.137. The molecule has 94 valence electrons. The van der Waals surface area contributed by atoms with Gasteiger partial charge in [0.05, 0.1) is 6.20 Å². The van der Waals surface area contributed by atoms with Crippen LogP contribution >= 0.6 is 0 Å². The second kappa shape index (κ2) is 7.26. The van der Waals surface area contributed by atoms with Gasteiger partial charge in [-0.3, -0.25) is 9.89 Å². The average molecular weight is 240 g/mol. The number of hydrogen-bond donors (Lipinski definition) is 4. The third-order valence-corrected chi connectivity index (χ3v) is 2.11. The number of carboxylic acids is 1. The first-order valence-corrected chi connectivity index (χ1v) is 5.39. The first-order valence-electron chi connectivity index (χ1n) is 5.39. The Morgan fingerprint density at radius 1 is 1.35 bits per heavy atom. The molecule has 0 aliphatic rings. The van der Waals surface area contributed by atoms with Crippen molar-refractivity contribution in [3.63, 3.8) is 0 Å². The van der Waals surface area contributed by atoms with E-state index in [0.29, 0.717) is 25.9 Å². The molecule has 0 aromatic carbocycles. The number of aromatic amines is 1. The van der Waals surface area contributed by atoms with Crippen molar-refractivity contribution in [2.45, 2.75) is 25.8 Å². The maximum Gasteiger partial charge on any atom is 0.315 e. The highest BCUT2D eigenvalue weighted by Crippen LogP contribution is 1.94. The summed E-state index contributed by atoms with van der Waals surface area (Å²) in [5.74, 6) is -0.811. The van der Waals surface area contributed by atoms with Gasteiger partial charge in [0.15, 0.2) is 0 Å². The van der Waals surface area contributed by atoms with Gasteiger partial charge in [0.1, 0.15) is 0 Å². The smallest absolute Gasteiger partial charge is 0.315 e. The number of carbonyl (C=O) groups excluding carboxylic acids is 1. The number of nitrogens with one attached hydrogen (secondary N) is 3. The molecule has 7 heteroatoms. The lowest BCUT2D eigenvalue weighted by Crippen LogP contribution is -2.35. The molecule has 0 aliphatic carbocycles. The van der Waals surface area contributed by atoms with Gasteiger partial charge in [-0.15, -0.1) is 0 Å². The molecule has 1 aromatic rings. The van der Waals surface area contributed by atoms with Crippen molar-refractivity contribution in [1.82, 2.24) is 20.8 Å². The van der Waals surface area contributed by atoms with Crippen molar-refractivity contribution < 1.29 is 14.7 Å². The van der Waals surface area contributed by atoms with Gasteiger partial charge < -0.3 is 15.7 Å². The third-order valence-electron chi connectivity index (χ3n) is 2.11. The molecule has 0 unspecified atom stereocenters. The standard InChI is InChI=1S/C10H16N4O3/c15-9(16)3-1-2-4-11-10(17)12-5-8-6-13-14-7-8/h6-7H,1-5H2,(H,13,14)(H,15,16)(H2,11,12,17). The maximum atomic E-state index is 11.3. The maximum absolute atomic E-state index is 11.3. The Morgan fingerprint density at radius 2 is 2.18 bits per heavy atom. The summed E-state index contributed by atoms with van der Waals surface area (Å²) in [5.41, 5.74) is 0.894. The van der Waals surface area contributed by atoms with Gasteiger partial charge in [-0.05, 0) is 12.8 Å². The van der Waals surface area contributed by atoms with Gasteiger partial charge in [-0.1, -0.05) is 0 Å². The summed E-state index contributed by atoms with van der Waals surface area (Å²) < 4.78 is 0. The molecule has 0 fully saturated rings. The Balaban J connectivity index is 2.00. The molecule has 2 amide bonds. The number of carboxylic acid groups (broad SMARTS) is 1. The minimum atomic E-state index is -0.811. The number of H-pyrrole nitrogens is 1. The van der Waals surface area contributed by atoms with Crippen molar-refractivity contribution in [3.05, 3.63) is 18.0 Å². The van der Waals surface area contributed by atoms with Gasteiger partial charge in [0.2, 0.25) is 0 Å². The van der Waals surface area contributed by atoms with E-state index in [1.807, 2.05) is 0 Å². The summed E-state index contributed by atoms with van der Waals surface area (Å²) in [7, 11) is 0. The molecule has 4 N–H and O–H groups in total. The van der Waals surface area contributed by atoms with E-state index in [-0.39, 0.29) is 12.5 Å². The van der Waals surface area contributed by atoms with Crippen LogP contribution in [0.15, 0.2) is 12.4 Å². The van der Waals surface area contributed by atoms with E-state index in [4.69, 9.17) is 5.11 Å². The van der Waals surface area contributed by atoms with Gasteiger partial charge in [-0.2, -0.15) is 5.10 Å². The monoisotopic (exact) mass is 240 g/mol. The van der Waals surface area contributed by atoms with Crippen molar-refractivity contribution in [2.75, 3.05) is 6.54 Å². The zero-order valence-corrected chi connectivity index (χ0v) is 9.40. The average Bonchev–Trinajstić information content (AvgIpc) is 2.78. The molecule has 1 aromatic heterocycles. The van der Waals surface area contributed by atoms with Crippen LogP contribution in [0.2, 0.25) is 0 Å².